The second-order valence-corrected chi connectivity index (χ2v) is 9.09. The first kappa shape index (κ1) is 23.0. The maximum atomic E-state index is 13.2. The number of H-pyrrole nitrogens is 1. The lowest BCUT2D eigenvalue weighted by atomic mass is 9.87. The number of ether oxygens (including phenoxy) is 3. The molecule has 3 heterocycles. The Hall–Kier alpha value is -3.72. The van der Waals surface area contributed by atoms with Crippen molar-refractivity contribution < 1.29 is 19.3 Å². The van der Waals surface area contributed by atoms with Gasteiger partial charge in [0, 0.05) is 18.2 Å². The molecule has 5 rings (SSSR count). The molecule has 0 aliphatic carbocycles. The summed E-state index contributed by atoms with van der Waals surface area (Å²) in [4.78, 5) is 30.4. The second kappa shape index (κ2) is 9.14. The summed E-state index contributed by atoms with van der Waals surface area (Å²) in [7, 11) is 3.42. The molecule has 9 nitrogen and oxygen atoms in total. The van der Waals surface area contributed by atoms with Crippen molar-refractivity contribution in [2.24, 2.45) is 0 Å². The van der Waals surface area contributed by atoms with Gasteiger partial charge in [-0.2, -0.15) is 0 Å². The largest absolute Gasteiger partial charge is 0.494 e. The average molecular weight is 480 g/mol. The molecule has 184 valence electrons. The van der Waals surface area contributed by atoms with Crippen LogP contribution in [0, 0.1) is 0 Å². The standard InChI is InChI=1S/C26H29N3O6/c1-15(9-10-16-7-5-4-6-8-16)29-25(31)20(24(30)27-26(29)32)21-19-17(11-12-28(21)2)13-18-22(23(19)33-3)35-14-34-18/h4-8,13,15,21,31H,9-12,14H2,1-3H3,(H,27,30,32)/t15-,21-/m1/s1. The average Bonchev–Trinajstić information content (AvgIpc) is 3.31. The number of nitrogens with one attached hydrogen (secondary N) is 1. The van der Waals surface area contributed by atoms with Gasteiger partial charge in [-0.15, -0.1) is 0 Å². The topological polar surface area (TPSA) is 106 Å². The smallest absolute Gasteiger partial charge is 0.331 e. The number of aromatic nitrogens is 2. The molecule has 0 bridgehead atoms. The van der Waals surface area contributed by atoms with E-state index in [9.17, 15) is 14.7 Å². The lowest BCUT2D eigenvalue weighted by Gasteiger charge is -2.36. The number of methoxy groups -OCH3 is 1. The van der Waals surface area contributed by atoms with E-state index >= 15 is 0 Å². The molecule has 2 aromatic carbocycles. The Morgan fingerprint density at radius 3 is 2.71 bits per heavy atom. The number of hydrogen-bond donors (Lipinski definition) is 2. The van der Waals surface area contributed by atoms with Crippen LogP contribution in [0.2, 0.25) is 0 Å². The van der Waals surface area contributed by atoms with Crippen molar-refractivity contribution in [2.45, 2.75) is 38.3 Å². The maximum absolute atomic E-state index is 13.2. The fourth-order valence-electron chi connectivity index (χ4n) is 5.15. The number of rotatable bonds is 6. The Balaban J connectivity index is 1.61. The quantitative estimate of drug-likeness (QED) is 0.560. The Labute approximate surface area is 202 Å². The zero-order chi connectivity index (χ0) is 24.7. The Morgan fingerprint density at radius 1 is 1.20 bits per heavy atom. The molecule has 3 aromatic rings. The molecule has 0 spiro atoms. The highest BCUT2D eigenvalue weighted by molar-refractivity contribution is 5.63. The van der Waals surface area contributed by atoms with Crippen LogP contribution in [-0.2, 0) is 12.8 Å². The van der Waals surface area contributed by atoms with Gasteiger partial charge in [0.15, 0.2) is 11.5 Å². The number of nitrogens with zero attached hydrogens (tertiary/aromatic N) is 2. The van der Waals surface area contributed by atoms with E-state index in [1.807, 2.05) is 55.3 Å². The number of likely N-dealkylation sites (N-methyl/N-ethyl adjacent to an activating group) is 1. The van der Waals surface area contributed by atoms with Crippen molar-refractivity contribution in [2.75, 3.05) is 27.5 Å². The third kappa shape index (κ3) is 3.95. The van der Waals surface area contributed by atoms with Crippen molar-refractivity contribution >= 4 is 0 Å². The van der Waals surface area contributed by atoms with Gasteiger partial charge in [-0.05, 0) is 50.4 Å². The van der Waals surface area contributed by atoms with Gasteiger partial charge in [-0.25, -0.2) is 4.79 Å². The van der Waals surface area contributed by atoms with E-state index < -0.39 is 17.3 Å². The van der Waals surface area contributed by atoms with E-state index in [1.165, 1.54) is 4.57 Å². The predicted molar refractivity (Wildman–Crippen MR) is 130 cm³/mol. The monoisotopic (exact) mass is 479 g/mol. The summed E-state index contributed by atoms with van der Waals surface area (Å²) >= 11 is 0. The molecule has 0 saturated carbocycles. The second-order valence-electron chi connectivity index (χ2n) is 9.09. The van der Waals surface area contributed by atoms with Crippen molar-refractivity contribution in [1.29, 1.82) is 0 Å². The van der Waals surface area contributed by atoms with Gasteiger partial charge in [0.25, 0.3) is 5.56 Å². The fraction of sp³-hybridized carbons (Fsp3) is 0.385. The van der Waals surface area contributed by atoms with Crippen LogP contribution < -0.4 is 25.5 Å². The van der Waals surface area contributed by atoms with Crippen molar-refractivity contribution in [1.82, 2.24) is 14.5 Å². The zero-order valence-electron chi connectivity index (χ0n) is 20.0. The van der Waals surface area contributed by atoms with Crippen LogP contribution in [0.15, 0.2) is 46.0 Å². The Bertz CT molecular complexity index is 1360. The van der Waals surface area contributed by atoms with E-state index in [2.05, 4.69) is 4.98 Å². The molecule has 2 atom stereocenters. The van der Waals surface area contributed by atoms with Crippen LogP contribution in [0.25, 0.3) is 0 Å². The minimum atomic E-state index is -0.639. The predicted octanol–water partition coefficient (Wildman–Crippen LogP) is 2.75. The fourth-order valence-corrected chi connectivity index (χ4v) is 5.15. The van der Waals surface area contributed by atoms with Gasteiger partial charge >= 0.3 is 5.69 Å². The zero-order valence-corrected chi connectivity index (χ0v) is 20.0. The molecule has 0 unspecified atom stereocenters. The van der Waals surface area contributed by atoms with Crippen LogP contribution in [-0.4, -0.2) is 47.1 Å². The van der Waals surface area contributed by atoms with Gasteiger partial charge in [0.1, 0.15) is 0 Å². The molecule has 1 aromatic heterocycles. The van der Waals surface area contributed by atoms with Crippen LogP contribution in [0.5, 0.6) is 23.1 Å². The Morgan fingerprint density at radius 2 is 1.97 bits per heavy atom. The molecule has 2 aliphatic heterocycles. The summed E-state index contributed by atoms with van der Waals surface area (Å²) in [6.45, 7) is 2.59. The van der Waals surface area contributed by atoms with Crippen LogP contribution >= 0.6 is 0 Å². The van der Waals surface area contributed by atoms with E-state index in [0.29, 0.717) is 36.6 Å². The molecule has 9 heteroatoms. The molecule has 0 amide bonds. The van der Waals surface area contributed by atoms with E-state index in [0.717, 1.165) is 23.1 Å². The van der Waals surface area contributed by atoms with Gasteiger partial charge < -0.3 is 19.3 Å². The summed E-state index contributed by atoms with van der Waals surface area (Å²) < 4.78 is 18.2. The molecular weight excluding hydrogens is 450 g/mol. The lowest BCUT2D eigenvalue weighted by molar-refractivity contribution is 0.170. The number of aromatic amines is 1. The number of hydrogen-bond acceptors (Lipinski definition) is 7. The first-order valence-electron chi connectivity index (χ1n) is 11.7. The normalized spacial score (nSPS) is 17.7. The Kier molecular flexibility index (Phi) is 6.02. The molecule has 35 heavy (non-hydrogen) atoms. The SMILES string of the molecule is COc1c2c(cc3c1[C@H](c1c(O)n([C@H](C)CCc4ccccc4)c(=O)[nH]c1=O)N(C)CC3)OCO2. The van der Waals surface area contributed by atoms with E-state index in [-0.39, 0.29) is 24.3 Å². The van der Waals surface area contributed by atoms with Gasteiger partial charge in [0.2, 0.25) is 18.4 Å². The van der Waals surface area contributed by atoms with Gasteiger partial charge in [-0.3, -0.25) is 19.2 Å². The molecule has 0 fully saturated rings. The number of fused-ring (bicyclic) bond motifs is 2. The van der Waals surface area contributed by atoms with Crippen molar-refractivity contribution in [3.8, 4) is 23.1 Å². The minimum Gasteiger partial charge on any atom is -0.494 e. The highest BCUT2D eigenvalue weighted by Crippen LogP contribution is 2.51. The third-order valence-corrected chi connectivity index (χ3v) is 6.96. The molecular formula is C26H29N3O6. The molecule has 0 radical (unpaired) electrons. The van der Waals surface area contributed by atoms with E-state index in [4.69, 9.17) is 14.2 Å². The number of aryl methyl sites for hydroxylation is 1. The molecule has 2 aliphatic rings. The summed E-state index contributed by atoms with van der Waals surface area (Å²) in [6, 6.07) is 10.9. The van der Waals surface area contributed by atoms with Crippen molar-refractivity contribution in [3.63, 3.8) is 0 Å². The highest BCUT2D eigenvalue weighted by Gasteiger charge is 2.38. The van der Waals surface area contributed by atoms with Crippen LogP contribution in [0.4, 0.5) is 0 Å². The molecule has 2 N–H and O–H groups in total. The van der Waals surface area contributed by atoms with Crippen LogP contribution in [0.1, 0.15) is 47.7 Å². The minimum absolute atomic E-state index is 0.0880. The first-order valence-corrected chi connectivity index (χ1v) is 11.7. The summed E-state index contributed by atoms with van der Waals surface area (Å²) in [6.07, 6.45) is 2.05. The lowest BCUT2D eigenvalue weighted by Crippen LogP contribution is -2.40. The highest BCUT2D eigenvalue weighted by atomic mass is 16.7. The maximum Gasteiger partial charge on any atom is 0.331 e. The third-order valence-electron chi connectivity index (χ3n) is 6.96. The van der Waals surface area contributed by atoms with Crippen molar-refractivity contribution in [3.05, 3.63) is 79.5 Å². The summed E-state index contributed by atoms with van der Waals surface area (Å²) in [5.41, 5.74) is 1.67. The van der Waals surface area contributed by atoms with Crippen LogP contribution in [0.3, 0.4) is 0 Å². The summed E-state index contributed by atoms with van der Waals surface area (Å²) in [5.74, 6) is 1.22. The van der Waals surface area contributed by atoms with Gasteiger partial charge in [-0.1, -0.05) is 30.3 Å². The number of aromatic hydroxyl groups is 1. The molecule has 0 saturated heterocycles. The van der Waals surface area contributed by atoms with E-state index in [1.54, 1.807) is 7.11 Å². The van der Waals surface area contributed by atoms with Gasteiger partial charge in [0.05, 0.1) is 18.7 Å². The summed E-state index contributed by atoms with van der Waals surface area (Å²) in [5, 5.41) is 11.4. The number of benzene rings is 2. The first-order chi connectivity index (χ1) is 16.9.